The lowest BCUT2D eigenvalue weighted by Gasteiger charge is -2.19. The van der Waals surface area contributed by atoms with Gasteiger partial charge < -0.3 is 10.6 Å². The van der Waals surface area contributed by atoms with Gasteiger partial charge >= 0.3 is 0 Å². The molecule has 154 valence electrons. The molecule has 2 N–H and O–H groups in total. The van der Waals surface area contributed by atoms with Gasteiger partial charge in [-0.05, 0) is 56.7 Å². The molecule has 3 aromatic carbocycles. The van der Waals surface area contributed by atoms with E-state index in [2.05, 4.69) is 10.6 Å². The summed E-state index contributed by atoms with van der Waals surface area (Å²) in [4.78, 5) is 25.2. The number of amides is 2. The van der Waals surface area contributed by atoms with Crippen LogP contribution in [0.5, 0.6) is 0 Å². The van der Waals surface area contributed by atoms with Crippen LogP contribution in [0, 0.1) is 25.5 Å². The van der Waals surface area contributed by atoms with E-state index in [1.807, 2.05) is 0 Å². The van der Waals surface area contributed by atoms with Crippen LogP contribution < -0.4 is 10.6 Å². The van der Waals surface area contributed by atoms with Crippen LogP contribution in [0.1, 0.15) is 50.4 Å². The van der Waals surface area contributed by atoms with Gasteiger partial charge in [-0.3, -0.25) is 9.59 Å². The van der Waals surface area contributed by atoms with Crippen molar-refractivity contribution < 1.29 is 18.4 Å². The first kappa shape index (κ1) is 21.2. The Bertz CT molecular complexity index is 1110. The van der Waals surface area contributed by atoms with E-state index < -0.39 is 29.5 Å². The summed E-state index contributed by atoms with van der Waals surface area (Å²) in [6, 6.07) is 15.0. The normalized spacial score (nSPS) is 11.6. The van der Waals surface area contributed by atoms with E-state index in [4.69, 9.17) is 0 Å². The third kappa shape index (κ3) is 4.71. The molecular weight excluding hydrogens is 386 g/mol. The zero-order chi connectivity index (χ0) is 21.8. The molecule has 0 aliphatic rings. The van der Waals surface area contributed by atoms with Crippen LogP contribution in [0.3, 0.4) is 0 Å². The topological polar surface area (TPSA) is 58.2 Å². The van der Waals surface area contributed by atoms with Crippen LogP contribution in [0.2, 0.25) is 0 Å². The van der Waals surface area contributed by atoms with Gasteiger partial charge in [-0.15, -0.1) is 0 Å². The van der Waals surface area contributed by atoms with E-state index in [9.17, 15) is 18.4 Å². The quantitative estimate of drug-likeness (QED) is 0.600. The molecule has 2 amide bonds. The van der Waals surface area contributed by atoms with Crippen LogP contribution in [-0.4, -0.2) is 11.8 Å². The molecule has 0 aliphatic carbocycles. The number of para-hydroxylation sites is 1. The first-order valence-corrected chi connectivity index (χ1v) is 9.49. The first-order chi connectivity index (χ1) is 14.3. The molecule has 4 nitrogen and oxygen atoms in total. The smallest absolute Gasteiger partial charge is 0.258 e. The number of aryl methyl sites for hydroxylation is 2. The van der Waals surface area contributed by atoms with Crippen molar-refractivity contribution in [2.75, 3.05) is 5.32 Å². The van der Waals surface area contributed by atoms with Gasteiger partial charge in [0.1, 0.15) is 11.6 Å². The number of hydrogen-bond donors (Lipinski definition) is 2. The summed E-state index contributed by atoms with van der Waals surface area (Å²) in [6.07, 6.45) is 0. The number of anilines is 1. The van der Waals surface area contributed by atoms with E-state index in [1.54, 1.807) is 57.2 Å². The average Bonchev–Trinajstić information content (AvgIpc) is 2.71. The van der Waals surface area contributed by atoms with Crippen molar-refractivity contribution in [2.45, 2.75) is 26.8 Å². The van der Waals surface area contributed by atoms with Gasteiger partial charge in [0.15, 0.2) is 0 Å². The summed E-state index contributed by atoms with van der Waals surface area (Å²) in [5, 5.41) is 5.46. The number of carbonyl (C=O) groups excluding carboxylic acids is 2. The highest BCUT2D eigenvalue weighted by Crippen LogP contribution is 2.24. The predicted octanol–water partition coefficient (Wildman–Crippen LogP) is 5.32. The third-order valence-electron chi connectivity index (χ3n) is 4.76. The summed E-state index contributed by atoms with van der Waals surface area (Å²) >= 11 is 0. The molecule has 0 saturated carbocycles. The van der Waals surface area contributed by atoms with Gasteiger partial charge in [-0.25, -0.2) is 8.78 Å². The summed E-state index contributed by atoms with van der Waals surface area (Å²) in [7, 11) is 0. The van der Waals surface area contributed by atoms with E-state index in [0.717, 1.165) is 11.1 Å². The largest absolute Gasteiger partial charge is 0.345 e. The van der Waals surface area contributed by atoms with E-state index in [0.29, 0.717) is 11.3 Å². The SMILES string of the molecule is Cc1ccc(F)c(C(=O)Nc2ccccc2[C@H](C)NC(=O)c2cc(C)ccc2F)c1. The molecule has 0 aliphatic heterocycles. The van der Waals surface area contributed by atoms with Gasteiger partial charge in [0, 0.05) is 5.69 Å². The Morgan fingerprint density at radius 3 is 1.93 bits per heavy atom. The van der Waals surface area contributed by atoms with Crippen molar-refractivity contribution in [2.24, 2.45) is 0 Å². The molecule has 0 unspecified atom stereocenters. The number of rotatable bonds is 5. The lowest BCUT2D eigenvalue weighted by molar-refractivity contribution is 0.0935. The Labute approximate surface area is 173 Å². The maximum atomic E-state index is 14.1. The van der Waals surface area contributed by atoms with Crippen molar-refractivity contribution in [1.82, 2.24) is 5.32 Å². The number of halogens is 2. The molecule has 6 heteroatoms. The summed E-state index contributed by atoms with van der Waals surface area (Å²) in [5.41, 5.74) is 2.45. The maximum absolute atomic E-state index is 14.1. The first-order valence-electron chi connectivity index (χ1n) is 9.49. The molecule has 0 radical (unpaired) electrons. The summed E-state index contributed by atoms with van der Waals surface area (Å²) < 4.78 is 28.1. The van der Waals surface area contributed by atoms with Crippen molar-refractivity contribution >= 4 is 17.5 Å². The summed E-state index contributed by atoms with van der Waals surface area (Å²) in [5.74, 6) is -2.38. The Balaban J connectivity index is 1.82. The standard InChI is InChI=1S/C24H22F2N2O2/c1-14-8-10-20(25)18(12-14)23(29)27-16(3)17-6-4-5-7-22(17)28-24(30)19-13-15(2)9-11-21(19)26/h4-13,16H,1-3H3,(H,27,29)(H,28,30)/t16-/m0/s1. The second-order valence-electron chi connectivity index (χ2n) is 7.20. The van der Waals surface area contributed by atoms with Gasteiger partial charge in [0.25, 0.3) is 11.8 Å². The van der Waals surface area contributed by atoms with Crippen molar-refractivity contribution in [1.29, 1.82) is 0 Å². The number of carbonyl (C=O) groups is 2. The van der Waals surface area contributed by atoms with Crippen molar-refractivity contribution in [3.63, 3.8) is 0 Å². The van der Waals surface area contributed by atoms with Crippen LogP contribution in [-0.2, 0) is 0 Å². The highest BCUT2D eigenvalue weighted by molar-refractivity contribution is 6.05. The van der Waals surface area contributed by atoms with E-state index in [1.165, 1.54) is 24.3 Å². The lowest BCUT2D eigenvalue weighted by Crippen LogP contribution is -2.28. The molecule has 0 heterocycles. The molecule has 0 saturated heterocycles. The minimum Gasteiger partial charge on any atom is -0.345 e. The second-order valence-corrected chi connectivity index (χ2v) is 7.20. The Hall–Kier alpha value is -3.54. The fourth-order valence-corrected chi connectivity index (χ4v) is 3.16. The van der Waals surface area contributed by atoms with Crippen LogP contribution in [0.25, 0.3) is 0 Å². The molecule has 0 fully saturated rings. The molecule has 0 spiro atoms. The minimum atomic E-state index is -0.619. The maximum Gasteiger partial charge on any atom is 0.258 e. The van der Waals surface area contributed by atoms with Crippen molar-refractivity contribution in [3.05, 3.63) is 100 Å². The molecule has 0 bridgehead atoms. The number of nitrogens with one attached hydrogen (secondary N) is 2. The fraction of sp³-hybridized carbons (Fsp3) is 0.167. The molecule has 1 atom stereocenters. The minimum absolute atomic E-state index is 0.0507. The fourth-order valence-electron chi connectivity index (χ4n) is 3.16. The van der Waals surface area contributed by atoms with Gasteiger partial charge in [-0.2, -0.15) is 0 Å². The van der Waals surface area contributed by atoms with Crippen LogP contribution >= 0.6 is 0 Å². The second kappa shape index (κ2) is 8.86. The number of benzene rings is 3. The van der Waals surface area contributed by atoms with E-state index >= 15 is 0 Å². The lowest BCUT2D eigenvalue weighted by atomic mass is 10.0. The van der Waals surface area contributed by atoms with E-state index in [-0.39, 0.29) is 11.1 Å². The zero-order valence-corrected chi connectivity index (χ0v) is 16.9. The summed E-state index contributed by atoms with van der Waals surface area (Å²) in [6.45, 7) is 5.27. The molecule has 30 heavy (non-hydrogen) atoms. The Kier molecular flexibility index (Phi) is 6.26. The van der Waals surface area contributed by atoms with Gasteiger partial charge in [0.05, 0.1) is 17.2 Å². The zero-order valence-electron chi connectivity index (χ0n) is 16.9. The van der Waals surface area contributed by atoms with Crippen molar-refractivity contribution in [3.8, 4) is 0 Å². The van der Waals surface area contributed by atoms with Gasteiger partial charge in [0.2, 0.25) is 0 Å². The van der Waals surface area contributed by atoms with Crippen LogP contribution in [0.15, 0.2) is 60.7 Å². The van der Waals surface area contributed by atoms with Gasteiger partial charge in [-0.1, -0.05) is 41.5 Å². The molecule has 3 aromatic rings. The third-order valence-corrected chi connectivity index (χ3v) is 4.76. The highest BCUT2D eigenvalue weighted by atomic mass is 19.1. The highest BCUT2D eigenvalue weighted by Gasteiger charge is 2.19. The Morgan fingerprint density at radius 1 is 0.800 bits per heavy atom. The monoisotopic (exact) mass is 408 g/mol. The molecular formula is C24H22F2N2O2. The number of hydrogen-bond acceptors (Lipinski definition) is 2. The predicted molar refractivity (Wildman–Crippen MR) is 113 cm³/mol. The molecule has 0 aromatic heterocycles. The Morgan fingerprint density at radius 2 is 1.33 bits per heavy atom. The average molecular weight is 408 g/mol. The van der Waals surface area contributed by atoms with Crippen LogP contribution in [0.4, 0.5) is 14.5 Å². The molecule has 3 rings (SSSR count).